The average Bonchev–Trinajstić information content (AvgIpc) is 2.25. The summed E-state index contributed by atoms with van der Waals surface area (Å²) >= 11 is 0. The van der Waals surface area contributed by atoms with Crippen molar-refractivity contribution in [3.8, 4) is 0 Å². The molecule has 0 atom stereocenters. The second kappa shape index (κ2) is 8.39. The summed E-state index contributed by atoms with van der Waals surface area (Å²) < 4.78 is 0. The Morgan fingerprint density at radius 2 is 1.35 bits per heavy atom. The largest absolute Gasteiger partial charge is 0.480 e. The molecule has 116 valence electrons. The van der Waals surface area contributed by atoms with Gasteiger partial charge in [-0.15, -0.1) is 0 Å². The van der Waals surface area contributed by atoms with Gasteiger partial charge in [0.25, 0.3) is 0 Å². The lowest BCUT2D eigenvalue weighted by Gasteiger charge is -2.27. The maximum absolute atomic E-state index is 11.9. The Balaban J connectivity index is 4.58. The van der Waals surface area contributed by atoms with Crippen LogP contribution in [0.15, 0.2) is 0 Å². The van der Waals surface area contributed by atoms with Crippen LogP contribution in [0, 0.1) is 17.8 Å². The molecule has 0 heterocycles. The smallest absolute Gasteiger partial charge is 0.323 e. The zero-order valence-electron chi connectivity index (χ0n) is 12.4. The highest BCUT2D eigenvalue weighted by Crippen LogP contribution is 2.19. The number of carbonyl (C=O) groups is 3. The second-order valence-electron chi connectivity index (χ2n) is 5.48. The topological polar surface area (TPSA) is 107 Å². The highest BCUT2D eigenvalue weighted by atomic mass is 16.4. The third-order valence-corrected chi connectivity index (χ3v) is 3.14. The highest BCUT2D eigenvalue weighted by molar-refractivity contribution is 5.84. The Morgan fingerprint density at radius 3 is 1.65 bits per heavy atom. The van der Waals surface area contributed by atoms with Gasteiger partial charge in [0.05, 0.1) is 0 Å². The quantitative estimate of drug-likeness (QED) is 0.620. The Morgan fingerprint density at radius 1 is 0.950 bits per heavy atom. The average molecular weight is 288 g/mol. The van der Waals surface area contributed by atoms with Crippen LogP contribution in [-0.2, 0) is 9.59 Å². The van der Waals surface area contributed by atoms with Crippen molar-refractivity contribution in [2.24, 2.45) is 17.8 Å². The van der Waals surface area contributed by atoms with Crippen LogP contribution < -0.4 is 5.32 Å². The Labute approximate surface area is 119 Å². The highest BCUT2D eigenvalue weighted by Gasteiger charge is 2.22. The third-order valence-electron chi connectivity index (χ3n) is 3.14. The van der Waals surface area contributed by atoms with Gasteiger partial charge in [0, 0.05) is 6.54 Å². The number of nitrogens with zero attached hydrogens (tertiary/aromatic N) is 1. The lowest BCUT2D eigenvalue weighted by atomic mass is 9.85. The Hall–Kier alpha value is -1.79. The van der Waals surface area contributed by atoms with Crippen molar-refractivity contribution in [1.29, 1.82) is 0 Å². The summed E-state index contributed by atoms with van der Waals surface area (Å²) in [6.07, 6.45) is 0. The van der Waals surface area contributed by atoms with E-state index < -0.39 is 31.1 Å². The van der Waals surface area contributed by atoms with Crippen molar-refractivity contribution in [2.75, 3.05) is 19.6 Å². The molecule has 0 aliphatic rings. The van der Waals surface area contributed by atoms with Gasteiger partial charge in [-0.25, -0.2) is 4.79 Å². The zero-order chi connectivity index (χ0) is 15.9. The van der Waals surface area contributed by atoms with Crippen molar-refractivity contribution in [3.05, 3.63) is 0 Å². The number of carboxylic acids is 2. The zero-order valence-corrected chi connectivity index (χ0v) is 12.4. The molecule has 0 aliphatic carbocycles. The van der Waals surface area contributed by atoms with E-state index in [4.69, 9.17) is 10.2 Å². The summed E-state index contributed by atoms with van der Waals surface area (Å²) in [5.74, 6) is -1.52. The first kappa shape index (κ1) is 18.2. The molecular weight excluding hydrogens is 264 g/mol. The Kier molecular flexibility index (Phi) is 7.64. The van der Waals surface area contributed by atoms with Crippen molar-refractivity contribution in [2.45, 2.75) is 27.7 Å². The first-order valence-corrected chi connectivity index (χ1v) is 6.61. The number of aliphatic carboxylic acids is 2. The van der Waals surface area contributed by atoms with Gasteiger partial charge in [-0.3, -0.25) is 9.59 Å². The minimum absolute atomic E-state index is 0.246. The minimum Gasteiger partial charge on any atom is -0.480 e. The van der Waals surface area contributed by atoms with E-state index in [1.54, 1.807) is 0 Å². The molecule has 0 aromatic heterocycles. The summed E-state index contributed by atoms with van der Waals surface area (Å²) in [5, 5.41) is 20.0. The van der Waals surface area contributed by atoms with E-state index in [0.29, 0.717) is 18.4 Å². The van der Waals surface area contributed by atoms with Gasteiger partial charge in [-0.1, -0.05) is 27.7 Å². The maximum Gasteiger partial charge on any atom is 0.323 e. The van der Waals surface area contributed by atoms with Crippen LogP contribution in [0.4, 0.5) is 4.79 Å². The number of carbonyl (C=O) groups excluding carboxylic acids is 1. The molecule has 0 fully saturated rings. The van der Waals surface area contributed by atoms with Gasteiger partial charge in [0.2, 0.25) is 0 Å². The van der Waals surface area contributed by atoms with E-state index in [1.807, 2.05) is 27.7 Å². The van der Waals surface area contributed by atoms with Crippen LogP contribution in [0.25, 0.3) is 0 Å². The first-order chi connectivity index (χ1) is 9.15. The molecule has 3 N–H and O–H groups in total. The van der Waals surface area contributed by atoms with Gasteiger partial charge in [0.1, 0.15) is 13.1 Å². The molecule has 0 rings (SSSR count). The van der Waals surface area contributed by atoms with Crippen LogP contribution in [0.5, 0.6) is 0 Å². The van der Waals surface area contributed by atoms with Crippen LogP contribution in [0.1, 0.15) is 27.7 Å². The normalized spacial score (nSPS) is 10.9. The minimum atomic E-state index is -1.24. The number of hydrogen-bond donors (Lipinski definition) is 3. The lowest BCUT2D eigenvalue weighted by Crippen LogP contribution is -2.47. The number of rotatable bonds is 8. The monoisotopic (exact) mass is 288 g/mol. The number of nitrogens with one attached hydrogen (secondary N) is 1. The van der Waals surface area contributed by atoms with Gasteiger partial charge in [0.15, 0.2) is 0 Å². The number of hydrogen-bond acceptors (Lipinski definition) is 3. The maximum atomic E-state index is 11.9. The van der Waals surface area contributed by atoms with Crippen LogP contribution in [0.3, 0.4) is 0 Å². The second-order valence-corrected chi connectivity index (χ2v) is 5.48. The summed E-state index contributed by atoms with van der Waals surface area (Å²) in [7, 11) is 0. The summed E-state index contributed by atoms with van der Waals surface area (Å²) in [4.78, 5) is 33.9. The van der Waals surface area contributed by atoms with Gasteiger partial charge >= 0.3 is 18.0 Å². The van der Waals surface area contributed by atoms with E-state index in [0.717, 1.165) is 4.90 Å². The van der Waals surface area contributed by atoms with E-state index in [-0.39, 0.29) is 5.92 Å². The molecule has 0 radical (unpaired) electrons. The molecule has 0 spiro atoms. The molecule has 0 aromatic carbocycles. The van der Waals surface area contributed by atoms with Crippen molar-refractivity contribution in [3.63, 3.8) is 0 Å². The van der Waals surface area contributed by atoms with E-state index >= 15 is 0 Å². The van der Waals surface area contributed by atoms with Gasteiger partial charge < -0.3 is 20.4 Å². The van der Waals surface area contributed by atoms with Crippen LogP contribution in [-0.4, -0.2) is 52.7 Å². The lowest BCUT2D eigenvalue weighted by molar-refractivity contribution is -0.140. The van der Waals surface area contributed by atoms with Crippen molar-refractivity contribution >= 4 is 18.0 Å². The summed E-state index contributed by atoms with van der Waals surface area (Å²) in [6.45, 7) is 7.31. The fourth-order valence-electron chi connectivity index (χ4n) is 2.08. The predicted molar refractivity (Wildman–Crippen MR) is 73.4 cm³/mol. The molecular formula is C13H24N2O5. The molecule has 0 bridgehead atoms. The van der Waals surface area contributed by atoms with Gasteiger partial charge in [-0.2, -0.15) is 0 Å². The standard InChI is InChI=1S/C13H24N2O5/c1-8(2)10(9(3)4)5-14-13(20)15(6-11(16)17)7-12(18)19/h8-10H,5-7H2,1-4H3,(H,14,20)(H,16,17)(H,18,19). The Bertz CT molecular complexity index is 331. The molecule has 7 nitrogen and oxygen atoms in total. The summed E-state index contributed by atoms with van der Waals surface area (Å²) in [5.41, 5.74) is 0. The number of urea groups is 1. The number of carboxylic acid groups (broad SMARTS) is 2. The molecule has 7 heteroatoms. The third kappa shape index (κ3) is 6.96. The van der Waals surface area contributed by atoms with E-state index in [1.165, 1.54) is 0 Å². The van der Waals surface area contributed by atoms with E-state index in [9.17, 15) is 14.4 Å². The molecule has 0 aromatic rings. The van der Waals surface area contributed by atoms with E-state index in [2.05, 4.69) is 5.32 Å². The van der Waals surface area contributed by atoms with Crippen molar-refractivity contribution < 1.29 is 24.6 Å². The molecule has 0 aliphatic heterocycles. The molecule has 0 unspecified atom stereocenters. The SMILES string of the molecule is CC(C)C(CNC(=O)N(CC(=O)O)CC(=O)O)C(C)C. The molecule has 20 heavy (non-hydrogen) atoms. The summed E-state index contributed by atoms with van der Waals surface area (Å²) in [6, 6.07) is -0.666. The predicted octanol–water partition coefficient (Wildman–Crippen LogP) is 1.10. The molecule has 0 saturated heterocycles. The van der Waals surface area contributed by atoms with Crippen molar-refractivity contribution in [1.82, 2.24) is 10.2 Å². The fourth-order valence-corrected chi connectivity index (χ4v) is 2.08. The molecule has 0 saturated carbocycles. The molecule has 2 amide bonds. The first-order valence-electron chi connectivity index (χ1n) is 6.61. The van der Waals surface area contributed by atoms with Gasteiger partial charge in [-0.05, 0) is 17.8 Å². The fraction of sp³-hybridized carbons (Fsp3) is 0.769. The van der Waals surface area contributed by atoms with Crippen LogP contribution in [0.2, 0.25) is 0 Å². The van der Waals surface area contributed by atoms with Crippen LogP contribution >= 0.6 is 0 Å². The number of amides is 2.